The fourth-order valence-corrected chi connectivity index (χ4v) is 5.52. The molecule has 3 N–H and O–H groups in total. The lowest BCUT2D eigenvalue weighted by Gasteiger charge is -2.31. The van der Waals surface area contributed by atoms with E-state index in [2.05, 4.69) is 6.92 Å². The summed E-state index contributed by atoms with van der Waals surface area (Å²) >= 11 is 0. The first-order valence-electron chi connectivity index (χ1n) is 13.8. The third-order valence-electron chi connectivity index (χ3n) is 7.27. The molecular weight excluding hydrogens is 488 g/mol. The molecule has 11 nitrogen and oxygen atoms in total. The van der Waals surface area contributed by atoms with Crippen molar-refractivity contribution in [2.24, 2.45) is 0 Å². The molecule has 10 atom stereocenters. The molecule has 4 fully saturated rings. The second kappa shape index (κ2) is 12.4. The summed E-state index contributed by atoms with van der Waals surface area (Å²) in [5.41, 5.74) is 0. The number of ether oxygens (including phenoxy) is 8. The van der Waals surface area contributed by atoms with Gasteiger partial charge in [-0.15, -0.1) is 0 Å². The summed E-state index contributed by atoms with van der Waals surface area (Å²) in [6.45, 7) is 9.24. The molecule has 11 heteroatoms. The highest BCUT2D eigenvalue weighted by Gasteiger charge is 2.59. The van der Waals surface area contributed by atoms with E-state index in [0.29, 0.717) is 6.61 Å². The van der Waals surface area contributed by atoms with Crippen LogP contribution in [-0.4, -0.2) is 108 Å². The van der Waals surface area contributed by atoms with E-state index in [9.17, 15) is 15.3 Å². The van der Waals surface area contributed by atoms with Crippen molar-refractivity contribution in [2.75, 3.05) is 19.8 Å². The van der Waals surface area contributed by atoms with Crippen LogP contribution in [0.3, 0.4) is 0 Å². The van der Waals surface area contributed by atoms with Crippen molar-refractivity contribution >= 4 is 0 Å². The van der Waals surface area contributed by atoms with Crippen molar-refractivity contribution in [3.8, 4) is 0 Å². The molecule has 4 aliphatic rings. The Kier molecular flexibility index (Phi) is 9.89. The lowest BCUT2D eigenvalue weighted by Crippen LogP contribution is -2.48. The SMILES string of the molecule is CCCCCCCCO[C@@H]1[C@H]2OC(C)(C)O[C@H]2O[C@@H]1[C@H](O)CO[C@@H]1[C@H]2OC(C)(C)O[C@H]2O[C@@H]1[C@H](O)CO. The van der Waals surface area contributed by atoms with E-state index in [1.807, 2.05) is 13.8 Å². The zero-order chi connectivity index (χ0) is 26.8. The minimum atomic E-state index is -1.19. The zero-order valence-corrected chi connectivity index (χ0v) is 22.7. The molecule has 4 saturated heterocycles. The molecule has 216 valence electrons. The summed E-state index contributed by atoms with van der Waals surface area (Å²) in [6.07, 6.45) is -0.814. The minimum absolute atomic E-state index is 0.139. The van der Waals surface area contributed by atoms with Gasteiger partial charge in [0.15, 0.2) is 24.2 Å². The summed E-state index contributed by atoms with van der Waals surface area (Å²) in [7, 11) is 0. The first kappa shape index (κ1) is 29.5. The maximum atomic E-state index is 11.1. The van der Waals surface area contributed by atoms with Crippen LogP contribution in [0.25, 0.3) is 0 Å². The fourth-order valence-electron chi connectivity index (χ4n) is 5.52. The van der Waals surface area contributed by atoms with Crippen molar-refractivity contribution < 1.29 is 53.2 Å². The monoisotopic (exact) mass is 534 g/mol. The van der Waals surface area contributed by atoms with Gasteiger partial charge in [0, 0.05) is 6.61 Å². The molecule has 0 spiro atoms. The van der Waals surface area contributed by atoms with Crippen LogP contribution in [-0.2, 0) is 37.9 Å². The predicted molar refractivity (Wildman–Crippen MR) is 129 cm³/mol. The van der Waals surface area contributed by atoms with E-state index in [-0.39, 0.29) is 6.61 Å². The Hall–Kier alpha value is -0.440. The number of aliphatic hydroxyl groups is 3. The molecule has 4 rings (SSSR count). The fraction of sp³-hybridized carbons (Fsp3) is 1.00. The Morgan fingerprint density at radius 3 is 1.78 bits per heavy atom. The van der Waals surface area contributed by atoms with Crippen molar-refractivity contribution in [3.05, 3.63) is 0 Å². The molecule has 4 heterocycles. The van der Waals surface area contributed by atoms with Crippen LogP contribution in [0.4, 0.5) is 0 Å². The topological polar surface area (TPSA) is 135 Å². The zero-order valence-electron chi connectivity index (χ0n) is 22.7. The number of hydrogen-bond donors (Lipinski definition) is 3. The third kappa shape index (κ3) is 7.01. The quantitative estimate of drug-likeness (QED) is 0.280. The van der Waals surface area contributed by atoms with E-state index in [1.54, 1.807) is 13.8 Å². The molecule has 0 amide bonds. The molecule has 0 aromatic carbocycles. The second-order valence-electron chi connectivity index (χ2n) is 11.4. The van der Waals surface area contributed by atoms with Crippen LogP contribution in [0.5, 0.6) is 0 Å². The van der Waals surface area contributed by atoms with Crippen LogP contribution in [0.15, 0.2) is 0 Å². The lowest BCUT2D eigenvalue weighted by molar-refractivity contribution is -0.242. The summed E-state index contributed by atoms with van der Waals surface area (Å²) in [5, 5.41) is 30.9. The number of aliphatic hydroxyl groups excluding tert-OH is 3. The van der Waals surface area contributed by atoms with Gasteiger partial charge in [-0.2, -0.15) is 0 Å². The molecule has 4 aliphatic heterocycles. The lowest BCUT2D eigenvalue weighted by atomic mass is 10.0. The Balaban J connectivity index is 1.35. The maximum absolute atomic E-state index is 11.1. The van der Waals surface area contributed by atoms with Crippen LogP contribution in [0, 0.1) is 0 Å². The summed E-state index contributed by atoms with van der Waals surface area (Å²) in [6, 6.07) is 0. The standard InChI is InChI=1S/C26H46O11/c1-6-7-8-9-10-11-12-30-19-18(33-23-21(19)34-25(2,3)36-23)16(29)14-31-20-17(15(28)13-27)32-24-22(20)35-26(4,5)37-24/h15-24,27-29H,6-14H2,1-5H3/t15-,16-,17-,18-,19+,20+,21-,22-,23-,24-/m1/s1. The first-order valence-corrected chi connectivity index (χ1v) is 13.8. The maximum Gasteiger partial charge on any atom is 0.190 e. The highest BCUT2D eigenvalue weighted by atomic mass is 16.9. The molecule has 0 aromatic heterocycles. The van der Waals surface area contributed by atoms with Gasteiger partial charge in [-0.3, -0.25) is 0 Å². The van der Waals surface area contributed by atoms with Crippen molar-refractivity contribution in [2.45, 2.75) is 146 Å². The van der Waals surface area contributed by atoms with Crippen molar-refractivity contribution in [3.63, 3.8) is 0 Å². The smallest absolute Gasteiger partial charge is 0.190 e. The minimum Gasteiger partial charge on any atom is -0.394 e. The Labute approximate surface area is 219 Å². The largest absolute Gasteiger partial charge is 0.394 e. The average molecular weight is 535 g/mol. The number of unbranched alkanes of at least 4 members (excludes halogenated alkanes) is 5. The first-order chi connectivity index (χ1) is 17.5. The van der Waals surface area contributed by atoms with Crippen LogP contribution < -0.4 is 0 Å². The highest BCUT2D eigenvalue weighted by Crippen LogP contribution is 2.42. The normalized spacial score (nSPS) is 39.6. The molecule has 0 aromatic rings. The van der Waals surface area contributed by atoms with Gasteiger partial charge in [0.05, 0.1) is 13.2 Å². The van der Waals surface area contributed by atoms with Crippen LogP contribution in [0.1, 0.15) is 73.1 Å². The second-order valence-corrected chi connectivity index (χ2v) is 11.4. The Bertz CT molecular complexity index is 719. The molecule has 0 bridgehead atoms. The molecule has 37 heavy (non-hydrogen) atoms. The predicted octanol–water partition coefficient (Wildman–Crippen LogP) is 1.58. The van der Waals surface area contributed by atoms with Gasteiger partial charge in [0.25, 0.3) is 0 Å². The van der Waals surface area contributed by atoms with Crippen molar-refractivity contribution in [1.29, 1.82) is 0 Å². The molecular formula is C26H46O11. The van der Waals surface area contributed by atoms with Gasteiger partial charge in [-0.25, -0.2) is 0 Å². The van der Waals surface area contributed by atoms with E-state index in [1.165, 1.54) is 25.7 Å². The Morgan fingerprint density at radius 1 is 0.703 bits per heavy atom. The van der Waals surface area contributed by atoms with Gasteiger partial charge in [-0.05, 0) is 34.1 Å². The summed E-state index contributed by atoms with van der Waals surface area (Å²) < 4.78 is 47.7. The van der Waals surface area contributed by atoms with Gasteiger partial charge in [0.2, 0.25) is 0 Å². The Morgan fingerprint density at radius 2 is 1.22 bits per heavy atom. The average Bonchev–Trinajstić information content (AvgIpc) is 3.51. The van der Waals surface area contributed by atoms with E-state index < -0.39 is 79.6 Å². The molecule has 0 aliphatic carbocycles. The van der Waals surface area contributed by atoms with Gasteiger partial charge >= 0.3 is 0 Å². The number of fused-ring (bicyclic) bond motifs is 2. The number of rotatable bonds is 14. The number of hydrogen-bond acceptors (Lipinski definition) is 11. The third-order valence-corrected chi connectivity index (χ3v) is 7.27. The summed E-state index contributed by atoms with van der Waals surface area (Å²) in [5.74, 6) is -1.69. The molecule has 0 saturated carbocycles. The van der Waals surface area contributed by atoms with E-state index in [0.717, 1.165) is 12.8 Å². The van der Waals surface area contributed by atoms with E-state index >= 15 is 0 Å². The van der Waals surface area contributed by atoms with Gasteiger partial charge in [0.1, 0.15) is 48.8 Å². The van der Waals surface area contributed by atoms with Crippen LogP contribution >= 0.6 is 0 Å². The molecule has 0 radical (unpaired) electrons. The van der Waals surface area contributed by atoms with Crippen LogP contribution in [0.2, 0.25) is 0 Å². The molecule has 0 unspecified atom stereocenters. The van der Waals surface area contributed by atoms with Gasteiger partial charge in [-0.1, -0.05) is 39.0 Å². The highest BCUT2D eigenvalue weighted by molar-refractivity contribution is 4.99. The van der Waals surface area contributed by atoms with Gasteiger partial charge < -0.3 is 53.2 Å². The van der Waals surface area contributed by atoms with E-state index in [4.69, 9.17) is 37.9 Å². The van der Waals surface area contributed by atoms with Crippen molar-refractivity contribution in [1.82, 2.24) is 0 Å². The summed E-state index contributed by atoms with van der Waals surface area (Å²) in [4.78, 5) is 0.